The van der Waals surface area contributed by atoms with Crippen molar-refractivity contribution in [1.29, 1.82) is 0 Å². The number of halogens is 4. The van der Waals surface area contributed by atoms with Crippen LogP contribution >= 0.6 is 11.6 Å². The summed E-state index contributed by atoms with van der Waals surface area (Å²) in [6.07, 6.45) is -3.60. The van der Waals surface area contributed by atoms with E-state index in [2.05, 4.69) is 5.32 Å². The largest absolute Gasteiger partial charge is 0.418 e. The van der Waals surface area contributed by atoms with Gasteiger partial charge in [0.2, 0.25) is 0 Å². The Kier molecular flexibility index (Phi) is 5.43. The van der Waals surface area contributed by atoms with Gasteiger partial charge in [-0.1, -0.05) is 23.7 Å². The molecule has 134 valence electrons. The average Bonchev–Trinajstić information content (AvgIpc) is 2.47. The first-order valence-electron chi connectivity index (χ1n) is 6.90. The van der Waals surface area contributed by atoms with Crippen molar-refractivity contribution in [3.8, 4) is 0 Å². The Morgan fingerprint density at radius 3 is 2.24 bits per heavy atom. The molecule has 2 aromatic rings. The lowest BCUT2D eigenvalue weighted by atomic mass is 10.1. The number of benzene rings is 2. The third-order valence-corrected chi connectivity index (χ3v) is 4.27. The molecule has 2 aromatic carbocycles. The maximum atomic E-state index is 13.0. The average molecular weight is 392 g/mol. The van der Waals surface area contributed by atoms with Gasteiger partial charge in [0.1, 0.15) is 0 Å². The lowest BCUT2D eigenvalue weighted by molar-refractivity contribution is -0.136. The summed E-state index contributed by atoms with van der Waals surface area (Å²) in [4.78, 5) is 12.1. The summed E-state index contributed by atoms with van der Waals surface area (Å²) in [6.45, 7) is 0. The molecule has 0 aliphatic carbocycles. The van der Waals surface area contributed by atoms with Crippen LogP contribution in [0.1, 0.15) is 21.5 Å². The molecule has 2 rings (SSSR count). The summed E-state index contributed by atoms with van der Waals surface area (Å²) in [6, 6.07) is 8.60. The number of hydrogen-bond donors (Lipinski definition) is 1. The van der Waals surface area contributed by atoms with Crippen LogP contribution in [0.25, 0.3) is 0 Å². The number of anilines is 1. The van der Waals surface area contributed by atoms with E-state index in [9.17, 15) is 26.4 Å². The maximum absolute atomic E-state index is 13.0. The molecule has 0 spiro atoms. The molecular weight excluding hydrogens is 379 g/mol. The van der Waals surface area contributed by atoms with Crippen LogP contribution < -0.4 is 5.32 Å². The Morgan fingerprint density at radius 2 is 1.72 bits per heavy atom. The predicted molar refractivity (Wildman–Crippen MR) is 89.4 cm³/mol. The first kappa shape index (κ1) is 19.3. The van der Waals surface area contributed by atoms with E-state index in [1.165, 1.54) is 30.3 Å². The van der Waals surface area contributed by atoms with Gasteiger partial charge in [0.25, 0.3) is 5.91 Å². The summed E-state index contributed by atoms with van der Waals surface area (Å²) in [5, 5.41) is 2.09. The second kappa shape index (κ2) is 7.05. The van der Waals surface area contributed by atoms with Gasteiger partial charge in [-0.05, 0) is 35.9 Å². The first-order valence-corrected chi connectivity index (χ1v) is 9.34. The van der Waals surface area contributed by atoms with Crippen molar-refractivity contribution in [2.75, 3.05) is 11.6 Å². The number of alkyl halides is 3. The molecule has 4 nitrogen and oxygen atoms in total. The van der Waals surface area contributed by atoms with E-state index in [4.69, 9.17) is 11.6 Å². The predicted octanol–water partition coefficient (Wildman–Crippen LogP) is 4.16. The molecule has 25 heavy (non-hydrogen) atoms. The number of nitrogens with one attached hydrogen (secondary N) is 1. The van der Waals surface area contributed by atoms with Crippen LogP contribution in [-0.2, 0) is 21.8 Å². The van der Waals surface area contributed by atoms with Crippen LogP contribution in [0, 0.1) is 0 Å². The number of rotatable bonds is 4. The molecule has 9 heteroatoms. The van der Waals surface area contributed by atoms with Gasteiger partial charge < -0.3 is 5.32 Å². The van der Waals surface area contributed by atoms with Gasteiger partial charge in [-0.25, -0.2) is 8.42 Å². The van der Waals surface area contributed by atoms with Crippen molar-refractivity contribution in [2.24, 2.45) is 0 Å². The van der Waals surface area contributed by atoms with Gasteiger partial charge in [-0.2, -0.15) is 13.2 Å². The molecule has 0 unspecified atom stereocenters. The molecule has 0 atom stereocenters. The van der Waals surface area contributed by atoms with Crippen LogP contribution in [-0.4, -0.2) is 20.6 Å². The quantitative estimate of drug-likeness (QED) is 0.851. The monoisotopic (exact) mass is 391 g/mol. The zero-order chi connectivity index (χ0) is 18.8. The number of amides is 1. The van der Waals surface area contributed by atoms with Gasteiger partial charge in [0.05, 0.1) is 17.0 Å². The summed E-state index contributed by atoms with van der Waals surface area (Å²) in [7, 11) is -3.22. The highest BCUT2D eigenvalue weighted by Crippen LogP contribution is 2.36. The third-order valence-electron chi connectivity index (χ3n) is 3.18. The summed E-state index contributed by atoms with van der Waals surface area (Å²) >= 11 is 5.58. The van der Waals surface area contributed by atoms with Crippen LogP contribution in [0.4, 0.5) is 18.9 Å². The number of carbonyl (C=O) groups is 1. The topological polar surface area (TPSA) is 63.2 Å². The Balaban J connectivity index is 2.23. The van der Waals surface area contributed by atoms with Crippen molar-refractivity contribution >= 4 is 33.0 Å². The van der Waals surface area contributed by atoms with Crippen LogP contribution in [0.2, 0.25) is 5.02 Å². The normalized spacial score (nSPS) is 12.0. The second-order valence-electron chi connectivity index (χ2n) is 5.41. The molecule has 0 saturated heterocycles. The first-order chi connectivity index (χ1) is 11.5. The van der Waals surface area contributed by atoms with Crippen LogP contribution in [0.15, 0.2) is 42.5 Å². The maximum Gasteiger partial charge on any atom is 0.418 e. The van der Waals surface area contributed by atoms with E-state index in [0.29, 0.717) is 5.56 Å². The van der Waals surface area contributed by atoms with E-state index in [1.54, 1.807) is 0 Å². The minimum atomic E-state index is -4.67. The minimum absolute atomic E-state index is 0.0975. The van der Waals surface area contributed by atoms with E-state index in [1.807, 2.05) is 0 Å². The van der Waals surface area contributed by atoms with Crippen molar-refractivity contribution in [1.82, 2.24) is 0 Å². The van der Waals surface area contributed by atoms with E-state index in [-0.39, 0.29) is 16.3 Å². The van der Waals surface area contributed by atoms with Crippen LogP contribution in [0.5, 0.6) is 0 Å². The summed E-state index contributed by atoms with van der Waals surface area (Å²) in [5.74, 6) is -0.941. The van der Waals surface area contributed by atoms with Gasteiger partial charge in [-0.15, -0.1) is 0 Å². The fraction of sp³-hybridized carbons (Fsp3) is 0.188. The molecule has 0 bridgehead atoms. The minimum Gasteiger partial charge on any atom is -0.321 e. The van der Waals surface area contributed by atoms with Crippen molar-refractivity contribution in [3.63, 3.8) is 0 Å². The lowest BCUT2D eigenvalue weighted by Crippen LogP contribution is -2.16. The van der Waals surface area contributed by atoms with Gasteiger partial charge in [0.15, 0.2) is 9.84 Å². The van der Waals surface area contributed by atoms with E-state index in [0.717, 1.165) is 18.4 Å². The van der Waals surface area contributed by atoms with E-state index >= 15 is 0 Å². The molecule has 0 fully saturated rings. The zero-order valence-electron chi connectivity index (χ0n) is 12.9. The fourth-order valence-electron chi connectivity index (χ4n) is 2.11. The standard InChI is InChI=1S/C16H13ClF3NO3S/c1-25(23,24)9-10-2-4-11(5-3-10)15(22)21-14-7-6-12(17)8-13(14)16(18,19)20/h2-8H,9H2,1H3,(H,21,22). The van der Waals surface area contributed by atoms with Crippen LogP contribution in [0.3, 0.4) is 0 Å². The van der Waals surface area contributed by atoms with Gasteiger partial charge >= 0.3 is 6.18 Å². The Morgan fingerprint density at radius 1 is 1.12 bits per heavy atom. The highest BCUT2D eigenvalue weighted by atomic mass is 35.5. The molecule has 0 radical (unpaired) electrons. The number of sulfone groups is 1. The molecule has 0 aromatic heterocycles. The second-order valence-corrected chi connectivity index (χ2v) is 7.99. The smallest absolute Gasteiger partial charge is 0.321 e. The molecule has 0 aliphatic rings. The summed E-state index contributed by atoms with van der Waals surface area (Å²) < 4.78 is 61.5. The van der Waals surface area contributed by atoms with E-state index < -0.39 is 33.2 Å². The Hall–Kier alpha value is -2.06. The third kappa shape index (κ3) is 5.47. The SMILES string of the molecule is CS(=O)(=O)Cc1ccc(C(=O)Nc2ccc(Cl)cc2C(F)(F)F)cc1. The van der Waals surface area contributed by atoms with Gasteiger partial charge in [0, 0.05) is 16.8 Å². The fourth-order valence-corrected chi connectivity index (χ4v) is 3.08. The molecule has 0 heterocycles. The molecular formula is C16H13ClF3NO3S. The zero-order valence-corrected chi connectivity index (χ0v) is 14.5. The number of carbonyl (C=O) groups excluding carboxylic acids is 1. The highest BCUT2D eigenvalue weighted by molar-refractivity contribution is 7.89. The van der Waals surface area contributed by atoms with Crippen molar-refractivity contribution in [2.45, 2.75) is 11.9 Å². The molecule has 0 aliphatic heterocycles. The van der Waals surface area contributed by atoms with Crippen molar-refractivity contribution in [3.05, 3.63) is 64.2 Å². The van der Waals surface area contributed by atoms with Gasteiger partial charge in [-0.3, -0.25) is 4.79 Å². The Labute approximate surface area is 147 Å². The molecule has 0 saturated carbocycles. The van der Waals surface area contributed by atoms with Crippen molar-refractivity contribution < 1.29 is 26.4 Å². The highest BCUT2D eigenvalue weighted by Gasteiger charge is 2.34. The molecule has 1 amide bonds. The number of hydrogen-bond acceptors (Lipinski definition) is 3. The molecule has 1 N–H and O–H groups in total. The lowest BCUT2D eigenvalue weighted by Gasteiger charge is -2.14. The summed E-state index contributed by atoms with van der Waals surface area (Å²) in [5.41, 5.74) is -0.897. The Bertz CT molecular complexity index is 894.